The first-order valence-electron chi connectivity index (χ1n) is 10.9. The van der Waals surface area contributed by atoms with Gasteiger partial charge in [0, 0.05) is 16.8 Å². The molecule has 1 atom stereocenters. The second kappa shape index (κ2) is 8.59. The lowest BCUT2D eigenvalue weighted by Crippen LogP contribution is -2.29. The van der Waals surface area contributed by atoms with Crippen LogP contribution in [0.1, 0.15) is 22.7 Å². The molecular formula is C27H23NO6. The van der Waals surface area contributed by atoms with Crippen molar-refractivity contribution in [3.8, 4) is 17.2 Å². The van der Waals surface area contributed by atoms with Crippen LogP contribution in [-0.2, 0) is 9.59 Å². The Morgan fingerprint density at radius 2 is 1.74 bits per heavy atom. The highest BCUT2D eigenvalue weighted by Gasteiger charge is 2.48. The van der Waals surface area contributed by atoms with Gasteiger partial charge in [0.2, 0.25) is 0 Å². The van der Waals surface area contributed by atoms with E-state index in [1.807, 2.05) is 31.2 Å². The van der Waals surface area contributed by atoms with Crippen molar-refractivity contribution in [2.45, 2.75) is 13.0 Å². The summed E-state index contributed by atoms with van der Waals surface area (Å²) in [6, 6.07) is 18.5. The number of benzene rings is 3. The van der Waals surface area contributed by atoms with Gasteiger partial charge >= 0.3 is 0 Å². The van der Waals surface area contributed by atoms with E-state index in [9.17, 15) is 14.7 Å². The molecule has 0 saturated carbocycles. The smallest absolute Gasteiger partial charge is 0.300 e. The lowest BCUT2D eigenvalue weighted by molar-refractivity contribution is -0.132. The van der Waals surface area contributed by atoms with Crippen LogP contribution in [0.15, 0.2) is 72.3 Å². The lowest BCUT2D eigenvalue weighted by atomic mass is 9.94. The summed E-state index contributed by atoms with van der Waals surface area (Å²) in [6.45, 7) is 2.73. The minimum Gasteiger partial charge on any atom is -0.507 e. The average molecular weight is 457 g/mol. The number of methoxy groups -OCH3 is 1. The van der Waals surface area contributed by atoms with Crippen molar-refractivity contribution in [1.29, 1.82) is 0 Å². The molecule has 0 aliphatic carbocycles. The largest absolute Gasteiger partial charge is 0.507 e. The van der Waals surface area contributed by atoms with Crippen LogP contribution in [0.2, 0.25) is 0 Å². The molecule has 2 heterocycles. The summed E-state index contributed by atoms with van der Waals surface area (Å²) in [7, 11) is 1.53. The van der Waals surface area contributed by atoms with Crippen LogP contribution < -0.4 is 19.1 Å². The zero-order valence-electron chi connectivity index (χ0n) is 18.8. The predicted molar refractivity (Wildman–Crippen MR) is 126 cm³/mol. The predicted octanol–water partition coefficient (Wildman–Crippen LogP) is 4.40. The third kappa shape index (κ3) is 3.55. The molecule has 1 saturated heterocycles. The molecule has 3 aromatic carbocycles. The molecule has 0 radical (unpaired) electrons. The number of fused-ring (bicyclic) bond motifs is 1. The van der Waals surface area contributed by atoms with E-state index in [2.05, 4.69) is 0 Å². The number of amides is 1. The van der Waals surface area contributed by atoms with Gasteiger partial charge in [0.1, 0.15) is 24.7 Å². The molecule has 7 nitrogen and oxygen atoms in total. The quantitative estimate of drug-likeness (QED) is 0.355. The van der Waals surface area contributed by atoms with Crippen LogP contribution in [0.5, 0.6) is 17.2 Å². The average Bonchev–Trinajstić information content (AvgIpc) is 3.13. The number of rotatable bonds is 4. The number of ketones is 1. The first-order valence-corrected chi connectivity index (χ1v) is 10.9. The lowest BCUT2D eigenvalue weighted by Gasteiger charge is -2.27. The van der Waals surface area contributed by atoms with E-state index in [1.165, 1.54) is 12.0 Å². The topological polar surface area (TPSA) is 85.3 Å². The highest BCUT2D eigenvalue weighted by atomic mass is 16.6. The van der Waals surface area contributed by atoms with Crippen molar-refractivity contribution in [1.82, 2.24) is 0 Å². The number of anilines is 1. The first kappa shape index (κ1) is 21.6. The first-order chi connectivity index (χ1) is 16.5. The van der Waals surface area contributed by atoms with E-state index in [4.69, 9.17) is 14.2 Å². The maximum absolute atomic E-state index is 13.4. The number of Topliss-reactive ketones (excluding diaryl/α,β-unsaturated/α-hetero) is 1. The molecule has 2 aliphatic rings. The maximum Gasteiger partial charge on any atom is 0.300 e. The Hall–Kier alpha value is -4.26. The summed E-state index contributed by atoms with van der Waals surface area (Å²) >= 11 is 0. The summed E-state index contributed by atoms with van der Waals surface area (Å²) in [4.78, 5) is 28.1. The van der Waals surface area contributed by atoms with Crippen LogP contribution >= 0.6 is 0 Å². The molecule has 5 rings (SSSR count). The van der Waals surface area contributed by atoms with Crippen LogP contribution in [0.4, 0.5) is 5.69 Å². The van der Waals surface area contributed by atoms with Crippen LogP contribution in [0.25, 0.3) is 5.76 Å². The second-order valence-corrected chi connectivity index (χ2v) is 8.11. The standard InChI is InChI=1S/C27H23NO6/c1-16-6-5-7-18(14-16)28-24(19-8-3-4-9-20(19)32-2)23(26(30)27(28)31)25(29)17-10-11-21-22(15-17)34-13-12-33-21/h3-11,14-15,24,29H,12-13H2,1-2H3/b25-23+. The molecule has 1 amide bonds. The summed E-state index contributed by atoms with van der Waals surface area (Å²) in [5.41, 5.74) is 2.41. The fraction of sp³-hybridized carbons (Fsp3) is 0.185. The number of aryl methyl sites for hydroxylation is 1. The Labute approximate surface area is 196 Å². The van der Waals surface area contributed by atoms with Gasteiger partial charge in [0.25, 0.3) is 11.7 Å². The van der Waals surface area contributed by atoms with Crippen molar-refractivity contribution >= 4 is 23.1 Å². The zero-order valence-corrected chi connectivity index (χ0v) is 18.8. The van der Waals surface area contributed by atoms with Gasteiger partial charge in [-0.05, 0) is 48.9 Å². The number of ether oxygens (including phenoxy) is 3. The number of hydrogen-bond acceptors (Lipinski definition) is 6. The Morgan fingerprint density at radius 3 is 2.50 bits per heavy atom. The van der Waals surface area contributed by atoms with Gasteiger partial charge in [-0.1, -0.05) is 30.3 Å². The highest BCUT2D eigenvalue weighted by molar-refractivity contribution is 6.51. The van der Waals surface area contributed by atoms with E-state index >= 15 is 0 Å². The van der Waals surface area contributed by atoms with Gasteiger partial charge in [-0.3, -0.25) is 14.5 Å². The van der Waals surface area contributed by atoms with Gasteiger partial charge in [-0.15, -0.1) is 0 Å². The number of hydrogen-bond donors (Lipinski definition) is 1. The van der Waals surface area contributed by atoms with Gasteiger partial charge < -0.3 is 19.3 Å². The fourth-order valence-corrected chi connectivity index (χ4v) is 4.41. The number of para-hydroxylation sites is 1. The highest BCUT2D eigenvalue weighted by Crippen LogP contribution is 2.45. The Kier molecular flexibility index (Phi) is 5.45. The fourth-order valence-electron chi connectivity index (χ4n) is 4.41. The number of aliphatic hydroxyl groups excluding tert-OH is 1. The van der Waals surface area contributed by atoms with Gasteiger partial charge in [0.15, 0.2) is 11.5 Å². The molecule has 172 valence electrons. The monoisotopic (exact) mass is 457 g/mol. The van der Waals surface area contributed by atoms with E-state index in [1.54, 1.807) is 42.5 Å². The summed E-state index contributed by atoms with van der Waals surface area (Å²) in [6.07, 6.45) is 0. The van der Waals surface area contributed by atoms with Gasteiger partial charge in [-0.2, -0.15) is 0 Å². The van der Waals surface area contributed by atoms with Crippen LogP contribution in [0, 0.1) is 6.92 Å². The minimum absolute atomic E-state index is 0.0207. The molecular weight excluding hydrogens is 434 g/mol. The number of carbonyl (C=O) groups is 2. The summed E-state index contributed by atoms with van der Waals surface area (Å²) in [5.74, 6) is -0.256. The minimum atomic E-state index is -0.883. The van der Waals surface area contributed by atoms with Gasteiger partial charge in [0.05, 0.1) is 18.7 Å². The van der Waals surface area contributed by atoms with Crippen molar-refractivity contribution in [3.05, 3.63) is 89.0 Å². The molecule has 1 unspecified atom stereocenters. The SMILES string of the molecule is COc1ccccc1C1/C(=C(\O)c2ccc3c(c2)OCCO3)C(=O)C(=O)N1c1cccc(C)c1. The Balaban J connectivity index is 1.73. The molecule has 34 heavy (non-hydrogen) atoms. The zero-order chi connectivity index (χ0) is 23.8. The van der Waals surface area contributed by atoms with Crippen molar-refractivity contribution in [2.24, 2.45) is 0 Å². The molecule has 0 aromatic heterocycles. The maximum atomic E-state index is 13.4. The molecule has 1 N–H and O–H groups in total. The number of aliphatic hydroxyl groups is 1. The second-order valence-electron chi connectivity index (χ2n) is 8.11. The third-order valence-electron chi connectivity index (χ3n) is 5.97. The Morgan fingerprint density at radius 1 is 0.971 bits per heavy atom. The van der Waals surface area contributed by atoms with Crippen LogP contribution in [0.3, 0.4) is 0 Å². The number of nitrogens with zero attached hydrogens (tertiary/aromatic N) is 1. The molecule has 0 spiro atoms. The van der Waals surface area contributed by atoms with Gasteiger partial charge in [-0.25, -0.2) is 0 Å². The van der Waals surface area contributed by atoms with E-state index < -0.39 is 17.7 Å². The molecule has 3 aromatic rings. The van der Waals surface area contributed by atoms with Crippen molar-refractivity contribution in [2.75, 3.05) is 25.2 Å². The van der Waals surface area contributed by atoms with E-state index in [0.717, 1.165) is 5.56 Å². The normalized spacial score (nSPS) is 18.8. The third-order valence-corrected chi connectivity index (χ3v) is 5.97. The van der Waals surface area contributed by atoms with E-state index in [0.29, 0.717) is 47.3 Å². The summed E-state index contributed by atoms with van der Waals surface area (Å²) < 4.78 is 16.7. The van der Waals surface area contributed by atoms with E-state index in [-0.39, 0.29) is 11.3 Å². The molecule has 7 heteroatoms. The molecule has 1 fully saturated rings. The van der Waals surface area contributed by atoms with Crippen molar-refractivity contribution in [3.63, 3.8) is 0 Å². The summed E-state index contributed by atoms with van der Waals surface area (Å²) in [5, 5.41) is 11.4. The molecule has 0 bridgehead atoms. The molecule has 2 aliphatic heterocycles. The number of carbonyl (C=O) groups excluding carboxylic acids is 2. The van der Waals surface area contributed by atoms with Crippen LogP contribution in [-0.4, -0.2) is 37.1 Å². The Bertz CT molecular complexity index is 1330. The van der Waals surface area contributed by atoms with Crippen molar-refractivity contribution < 1.29 is 28.9 Å².